The van der Waals surface area contributed by atoms with Crippen molar-refractivity contribution in [3.8, 4) is 0 Å². The average molecular weight is 368 g/mol. The van der Waals surface area contributed by atoms with Crippen LogP contribution in [0.1, 0.15) is 67.7 Å². The first kappa shape index (κ1) is 20.6. The van der Waals surface area contributed by atoms with Crippen LogP contribution in [-0.2, 0) is 4.79 Å². The summed E-state index contributed by atoms with van der Waals surface area (Å²) in [4.78, 5) is 38.0. The molecule has 1 N–H and O–H groups in total. The summed E-state index contributed by atoms with van der Waals surface area (Å²) in [6.07, 6.45) is 2.33. The number of carbonyl (C=O) groups excluding carboxylic acids is 3. The molecule has 0 fully saturated rings. The molecule has 2 amide bonds. The number of Topliss-reactive ketones (excluding diaryl/α,β-unsaturated/α-hetero) is 1. The molecule has 3 rings (SSSR count). The molecule has 0 spiro atoms. The number of unbranched alkanes of at least 4 members (excludes halogenated alkanes) is 1. The van der Waals surface area contributed by atoms with Gasteiger partial charge in [-0.3, -0.25) is 19.3 Å². The standard InChI is InChI=1S/C20H22N2O3.C2H6/c1-3-4-11-21-17-9-8-16-18-14(17)6-5-7-15(18)19(24)22(20(16)25)12-10-13(2)23;1-2/h5-9,21H,3-4,10-12H2,1-2H3;1-2H3. The van der Waals surface area contributed by atoms with E-state index < -0.39 is 0 Å². The second kappa shape index (κ2) is 9.31. The van der Waals surface area contributed by atoms with E-state index in [0.717, 1.165) is 30.5 Å². The molecule has 0 aromatic heterocycles. The van der Waals surface area contributed by atoms with Gasteiger partial charge >= 0.3 is 0 Å². The fraction of sp³-hybridized carbons (Fsp3) is 0.409. The van der Waals surface area contributed by atoms with Crippen molar-refractivity contribution < 1.29 is 14.4 Å². The minimum absolute atomic E-state index is 0.0416. The molecule has 1 aliphatic rings. The summed E-state index contributed by atoms with van der Waals surface area (Å²) in [5, 5.41) is 4.99. The molecule has 0 bridgehead atoms. The third kappa shape index (κ3) is 4.18. The summed E-state index contributed by atoms with van der Waals surface area (Å²) in [5.74, 6) is -0.690. The third-order valence-electron chi connectivity index (χ3n) is 4.53. The molecule has 0 saturated heterocycles. The van der Waals surface area contributed by atoms with Gasteiger partial charge in [0, 0.05) is 47.1 Å². The lowest BCUT2D eigenvalue weighted by Gasteiger charge is -2.27. The third-order valence-corrected chi connectivity index (χ3v) is 4.53. The molecular formula is C22H28N2O3. The highest BCUT2D eigenvalue weighted by atomic mass is 16.2. The Hall–Kier alpha value is -2.69. The predicted molar refractivity (Wildman–Crippen MR) is 109 cm³/mol. The zero-order valence-corrected chi connectivity index (χ0v) is 16.6. The predicted octanol–water partition coefficient (Wildman–Crippen LogP) is 4.65. The lowest BCUT2D eigenvalue weighted by molar-refractivity contribution is -0.117. The van der Waals surface area contributed by atoms with Crippen LogP contribution in [0.4, 0.5) is 5.69 Å². The van der Waals surface area contributed by atoms with Crippen LogP contribution in [0, 0.1) is 0 Å². The molecule has 2 aromatic carbocycles. The molecule has 0 atom stereocenters. The van der Waals surface area contributed by atoms with Gasteiger partial charge in [-0.1, -0.05) is 39.3 Å². The lowest BCUT2D eigenvalue weighted by Crippen LogP contribution is -2.41. The van der Waals surface area contributed by atoms with E-state index in [1.165, 1.54) is 11.8 Å². The molecule has 2 aromatic rings. The van der Waals surface area contributed by atoms with Crippen molar-refractivity contribution in [3.63, 3.8) is 0 Å². The molecule has 5 nitrogen and oxygen atoms in total. The van der Waals surface area contributed by atoms with Crippen molar-refractivity contribution in [1.29, 1.82) is 0 Å². The molecular weight excluding hydrogens is 340 g/mol. The van der Waals surface area contributed by atoms with Gasteiger partial charge in [0.25, 0.3) is 11.8 Å². The van der Waals surface area contributed by atoms with Crippen LogP contribution in [0.25, 0.3) is 10.8 Å². The van der Waals surface area contributed by atoms with Gasteiger partial charge in [0.15, 0.2) is 0 Å². The summed E-state index contributed by atoms with van der Waals surface area (Å²) in [6, 6.07) is 9.19. The maximum absolute atomic E-state index is 12.8. The van der Waals surface area contributed by atoms with Gasteiger partial charge < -0.3 is 5.32 Å². The number of nitrogens with zero attached hydrogens (tertiary/aromatic N) is 1. The molecule has 1 heterocycles. The van der Waals surface area contributed by atoms with Crippen LogP contribution in [0.3, 0.4) is 0 Å². The summed E-state index contributed by atoms with van der Waals surface area (Å²) in [7, 11) is 0. The second-order valence-corrected chi connectivity index (χ2v) is 6.38. The molecule has 144 valence electrons. The van der Waals surface area contributed by atoms with Gasteiger partial charge in [-0.2, -0.15) is 0 Å². The van der Waals surface area contributed by atoms with Gasteiger partial charge in [-0.05, 0) is 31.5 Å². The SMILES string of the molecule is CC.CCCCNc1ccc2c3c(cccc13)C(=O)N(CCC(C)=O)C2=O. The Morgan fingerprint density at radius 3 is 2.33 bits per heavy atom. The number of imide groups is 1. The number of carbonyl (C=O) groups is 3. The Labute approximate surface area is 160 Å². The van der Waals surface area contributed by atoms with Gasteiger partial charge in [0.1, 0.15) is 5.78 Å². The second-order valence-electron chi connectivity index (χ2n) is 6.38. The average Bonchev–Trinajstić information content (AvgIpc) is 2.68. The zero-order valence-electron chi connectivity index (χ0n) is 16.6. The lowest BCUT2D eigenvalue weighted by atomic mass is 9.93. The van der Waals surface area contributed by atoms with Crippen molar-refractivity contribution in [2.75, 3.05) is 18.4 Å². The largest absolute Gasteiger partial charge is 0.385 e. The van der Waals surface area contributed by atoms with Crippen LogP contribution < -0.4 is 5.32 Å². The number of rotatable bonds is 7. The number of anilines is 1. The van der Waals surface area contributed by atoms with E-state index in [2.05, 4.69) is 12.2 Å². The first-order chi connectivity index (χ1) is 13.0. The fourth-order valence-corrected chi connectivity index (χ4v) is 3.17. The van der Waals surface area contributed by atoms with Crippen LogP contribution >= 0.6 is 0 Å². The summed E-state index contributed by atoms with van der Waals surface area (Å²) in [5.41, 5.74) is 1.98. The smallest absolute Gasteiger partial charge is 0.261 e. The van der Waals surface area contributed by atoms with Crippen LogP contribution in [0.2, 0.25) is 0 Å². The van der Waals surface area contributed by atoms with E-state index >= 15 is 0 Å². The molecule has 27 heavy (non-hydrogen) atoms. The molecule has 0 unspecified atom stereocenters. The van der Waals surface area contributed by atoms with E-state index in [1.54, 1.807) is 12.1 Å². The van der Waals surface area contributed by atoms with Crippen molar-refractivity contribution in [1.82, 2.24) is 4.90 Å². The highest BCUT2D eigenvalue weighted by Crippen LogP contribution is 2.34. The minimum Gasteiger partial charge on any atom is -0.385 e. The summed E-state index contributed by atoms with van der Waals surface area (Å²) < 4.78 is 0. The van der Waals surface area contributed by atoms with Crippen molar-refractivity contribution in [2.45, 2.75) is 47.0 Å². The Balaban J connectivity index is 0.00000126. The van der Waals surface area contributed by atoms with Gasteiger partial charge in [-0.15, -0.1) is 0 Å². The number of amides is 2. The zero-order chi connectivity index (χ0) is 20.0. The van der Waals surface area contributed by atoms with E-state index in [-0.39, 0.29) is 30.6 Å². The van der Waals surface area contributed by atoms with Gasteiger partial charge in [0.2, 0.25) is 0 Å². The fourth-order valence-electron chi connectivity index (χ4n) is 3.17. The topological polar surface area (TPSA) is 66.5 Å². The summed E-state index contributed by atoms with van der Waals surface area (Å²) >= 11 is 0. The van der Waals surface area contributed by atoms with Crippen molar-refractivity contribution >= 4 is 34.1 Å². The van der Waals surface area contributed by atoms with Crippen LogP contribution in [-0.4, -0.2) is 35.6 Å². The normalized spacial score (nSPS) is 12.7. The highest BCUT2D eigenvalue weighted by Gasteiger charge is 2.33. The van der Waals surface area contributed by atoms with E-state index in [4.69, 9.17) is 0 Å². The Morgan fingerprint density at radius 1 is 1.04 bits per heavy atom. The van der Waals surface area contributed by atoms with E-state index in [0.29, 0.717) is 16.5 Å². The Kier molecular flexibility index (Phi) is 7.11. The van der Waals surface area contributed by atoms with Gasteiger partial charge in [0.05, 0.1) is 0 Å². The first-order valence-corrected chi connectivity index (χ1v) is 9.69. The first-order valence-electron chi connectivity index (χ1n) is 9.69. The number of hydrogen-bond donors (Lipinski definition) is 1. The van der Waals surface area contributed by atoms with Crippen LogP contribution in [0.5, 0.6) is 0 Å². The molecule has 0 aliphatic carbocycles. The van der Waals surface area contributed by atoms with Crippen LogP contribution in [0.15, 0.2) is 30.3 Å². The molecule has 0 saturated carbocycles. The maximum atomic E-state index is 12.8. The van der Waals surface area contributed by atoms with Crippen molar-refractivity contribution in [2.24, 2.45) is 0 Å². The number of nitrogens with one attached hydrogen (secondary N) is 1. The number of ketones is 1. The quantitative estimate of drug-likeness (QED) is 0.570. The molecule has 0 radical (unpaired) electrons. The monoisotopic (exact) mass is 368 g/mol. The Morgan fingerprint density at radius 2 is 1.70 bits per heavy atom. The Bertz CT molecular complexity index is 836. The molecule has 5 heteroatoms. The van der Waals surface area contributed by atoms with E-state index in [1.807, 2.05) is 32.0 Å². The maximum Gasteiger partial charge on any atom is 0.261 e. The highest BCUT2D eigenvalue weighted by molar-refractivity contribution is 6.26. The number of benzene rings is 2. The van der Waals surface area contributed by atoms with Crippen molar-refractivity contribution in [3.05, 3.63) is 41.5 Å². The summed E-state index contributed by atoms with van der Waals surface area (Å²) in [6.45, 7) is 8.56. The number of hydrogen-bond acceptors (Lipinski definition) is 4. The van der Waals surface area contributed by atoms with E-state index in [9.17, 15) is 14.4 Å². The minimum atomic E-state index is -0.324. The van der Waals surface area contributed by atoms with Gasteiger partial charge in [-0.25, -0.2) is 0 Å². The molecule has 1 aliphatic heterocycles.